The third-order valence-electron chi connectivity index (χ3n) is 3.54. The van der Waals surface area contributed by atoms with Gasteiger partial charge in [0.15, 0.2) is 0 Å². The van der Waals surface area contributed by atoms with Crippen molar-refractivity contribution in [2.75, 3.05) is 12.8 Å². The van der Waals surface area contributed by atoms with E-state index in [1.807, 2.05) is 0 Å². The lowest BCUT2D eigenvalue weighted by Crippen LogP contribution is -2.15. The van der Waals surface area contributed by atoms with E-state index in [0.717, 1.165) is 0 Å². The first-order valence-electron chi connectivity index (χ1n) is 6.82. The number of benzene rings is 2. The second-order valence-corrected chi connectivity index (χ2v) is 5.02. The highest BCUT2D eigenvalue weighted by Gasteiger charge is 2.21. The number of ether oxygens (including phenoxy) is 1. The Morgan fingerprint density at radius 3 is 2.43 bits per heavy atom. The number of rotatable bonds is 6. The molecule has 0 aromatic heterocycles. The van der Waals surface area contributed by atoms with Gasteiger partial charge in [0.2, 0.25) is 0 Å². The van der Waals surface area contributed by atoms with Crippen LogP contribution < -0.4 is 10.5 Å². The fourth-order valence-corrected chi connectivity index (χ4v) is 2.31. The van der Waals surface area contributed by atoms with Crippen LogP contribution in [0.25, 0.3) is 0 Å². The average molecular weight is 316 g/mol. The maximum atomic E-state index is 11.6. The number of hydrogen-bond donors (Lipinski definition) is 2. The van der Waals surface area contributed by atoms with Crippen LogP contribution in [0, 0.1) is 10.1 Å². The first-order valence-corrected chi connectivity index (χ1v) is 6.82. The molecule has 0 aliphatic carbocycles. The van der Waals surface area contributed by atoms with E-state index >= 15 is 0 Å². The van der Waals surface area contributed by atoms with E-state index in [1.54, 1.807) is 30.3 Å². The Labute approximate surface area is 132 Å². The van der Waals surface area contributed by atoms with E-state index in [1.165, 1.54) is 19.2 Å². The summed E-state index contributed by atoms with van der Waals surface area (Å²) in [5.41, 5.74) is 7.39. The third-order valence-corrected chi connectivity index (χ3v) is 3.54. The van der Waals surface area contributed by atoms with E-state index in [9.17, 15) is 20.0 Å². The van der Waals surface area contributed by atoms with Gasteiger partial charge in [0.05, 0.1) is 23.6 Å². The molecule has 0 saturated carbocycles. The number of methoxy groups -OCH3 is 1. The number of nitrogens with zero attached hydrogens (tertiary/aromatic N) is 1. The summed E-state index contributed by atoms with van der Waals surface area (Å²) < 4.78 is 5.06. The van der Waals surface area contributed by atoms with Crippen LogP contribution in [0.4, 0.5) is 11.4 Å². The minimum Gasteiger partial charge on any atom is -0.495 e. The molecule has 3 N–H and O–H groups in total. The number of nitro groups is 1. The topological polar surface area (TPSA) is 116 Å². The van der Waals surface area contributed by atoms with E-state index < -0.39 is 16.8 Å². The summed E-state index contributed by atoms with van der Waals surface area (Å²) in [6.07, 6.45) is 0.207. The monoisotopic (exact) mass is 316 g/mol. The van der Waals surface area contributed by atoms with Crippen molar-refractivity contribution in [3.05, 3.63) is 63.7 Å². The second kappa shape index (κ2) is 6.78. The summed E-state index contributed by atoms with van der Waals surface area (Å²) in [6, 6.07) is 10.7. The van der Waals surface area contributed by atoms with Crippen LogP contribution in [-0.4, -0.2) is 23.1 Å². The summed E-state index contributed by atoms with van der Waals surface area (Å²) >= 11 is 0. The van der Waals surface area contributed by atoms with Crippen molar-refractivity contribution >= 4 is 17.3 Å². The molecule has 0 radical (unpaired) electrons. The number of nitro benzene ring substituents is 1. The number of carbonyl (C=O) groups is 1. The molecule has 0 saturated heterocycles. The number of nitrogens with two attached hydrogens (primary N) is 1. The predicted molar refractivity (Wildman–Crippen MR) is 84.6 cm³/mol. The highest BCUT2D eigenvalue weighted by Crippen LogP contribution is 2.29. The second-order valence-electron chi connectivity index (χ2n) is 5.02. The van der Waals surface area contributed by atoms with Gasteiger partial charge in [0, 0.05) is 12.1 Å². The highest BCUT2D eigenvalue weighted by atomic mass is 16.6. The maximum absolute atomic E-state index is 11.6. The first kappa shape index (κ1) is 16.3. The largest absolute Gasteiger partial charge is 0.495 e. The van der Waals surface area contributed by atoms with Gasteiger partial charge in [-0.25, -0.2) is 0 Å². The van der Waals surface area contributed by atoms with Crippen LogP contribution in [0.5, 0.6) is 5.75 Å². The molecule has 0 spiro atoms. The minimum absolute atomic E-state index is 0.0330. The fourth-order valence-electron chi connectivity index (χ4n) is 2.31. The molecular weight excluding hydrogens is 300 g/mol. The van der Waals surface area contributed by atoms with Gasteiger partial charge in [-0.05, 0) is 29.7 Å². The summed E-state index contributed by atoms with van der Waals surface area (Å²) in [5.74, 6) is -1.31. The minimum atomic E-state index is -0.993. The van der Waals surface area contributed by atoms with Crippen molar-refractivity contribution in [1.29, 1.82) is 0 Å². The van der Waals surface area contributed by atoms with Crippen molar-refractivity contribution in [1.82, 2.24) is 0 Å². The Morgan fingerprint density at radius 2 is 1.96 bits per heavy atom. The first-order chi connectivity index (χ1) is 10.9. The van der Waals surface area contributed by atoms with Gasteiger partial charge in [-0.2, -0.15) is 0 Å². The van der Waals surface area contributed by atoms with E-state index in [-0.39, 0.29) is 12.1 Å². The molecule has 7 heteroatoms. The smallest absolute Gasteiger partial charge is 0.311 e. The fraction of sp³-hybridized carbons (Fsp3) is 0.188. The molecular formula is C16H16N2O5. The van der Waals surface area contributed by atoms with Gasteiger partial charge in [0.1, 0.15) is 5.75 Å². The van der Waals surface area contributed by atoms with Crippen molar-refractivity contribution in [2.45, 2.75) is 12.3 Å². The summed E-state index contributed by atoms with van der Waals surface area (Å²) in [4.78, 5) is 21.7. The lowest BCUT2D eigenvalue weighted by atomic mass is 9.91. The lowest BCUT2D eigenvalue weighted by Gasteiger charge is -2.14. The van der Waals surface area contributed by atoms with Gasteiger partial charge in [-0.15, -0.1) is 0 Å². The number of carboxylic acid groups (broad SMARTS) is 1. The number of nitrogen functional groups attached to an aromatic ring is 1. The van der Waals surface area contributed by atoms with Crippen LogP contribution in [0.3, 0.4) is 0 Å². The van der Waals surface area contributed by atoms with E-state index in [4.69, 9.17) is 10.5 Å². The average Bonchev–Trinajstić information content (AvgIpc) is 2.52. The number of carboxylic acids is 1. The van der Waals surface area contributed by atoms with Crippen molar-refractivity contribution < 1.29 is 19.6 Å². The van der Waals surface area contributed by atoms with Crippen LogP contribution in [-0.2, 0) is 11.2 Å². The number of aliphatic carboxylic acids is 1. The third kappa shape index (κ3) is 3.76. The zero-order valence-electron chi connectivity index (χ0n) is 12.4. The molecule has 0 aliphatic heterocycles. The molecule has 0 bridgehead atoms. The van der Waals surface area contributed by atoms with Gasteiger partial charge in [-0.1, -0.05) is 18.2 Å². The maximum Gasteiger partial charge on any atom is 0.311 e. The molecule has 0 aliphatic rings. The van der Waals surface area contributed by atoms with Gasteiger partial charge < -0.3 is 15.6 Å². The summed E-state index contributed by atoms with van der Waals surface area (Å²) in [7, 11) is 1.48. The molecule has 2 aromatic rings. The van der Waals surface area contributed by atoms with Gasteiger partial charge >= 0.3 is 5.97 Å². The number of anilines is 1. The highest BCUT2D eigenvalue weighted by molar-refractivity contribution is 5.77. The normalized spacial score (nSPS) is 11.7. The standard InChI is InChI=1S/C16H16N2O5/c1-23-15-7-4-11(9-14(15)17)13(16(19)20)8-10-2-5-12(6-3-10)18(21)22/h2-7,9,13H,8,17H2,1H3,(H,19,20). The molecule has 0 heterocycles. The van der Waals surface area contributed by atoms with Gasteiger partial charge in [0.25, 0.3) is 5.69 Å². The molecule has 0 amide bonds. The molecule has 0 fully saturated rings. The summed E-state index contributed by atoms with van der Waals surface area (Å²) in [6.45, 7) is 0. The Balaban J connectivity index is 2.27. The van der Waals surface area contributed by atoms with Crippen molar-refractivity contribution in [2.24, 2.45) is 0 Å². The van der Waals surface area contributed by atoms with Crippen molar-refractivity contribution in [3.8, 4) is 5.75 Å². The molecule has 2 aromatic carbocycles. The Bertz CT molecular complexity index is 728. The Hall–Kier alpha value is -3.09. The Morgan fingerprint density at radius 1 is 1.30 bits per heavy atom. The summed E-state index contributed by atoms with van der Waals surface area (Å²) in [5, 5.41) is 20.1. The van der Waals surface area contributed by atoms with E-state index in [2.05, 4.69) is 0 Å². The Kier molecular flexibility index (Phi) is 4.80. The van der Waals surface area contributed by atoms with Crippen LogP contribution in [0.2, 0.25) is 0 Å². The van der Waals surface area contributed by atoms with E-state index in [0.29, 0.717) is 22.6 Å². The molecule has 2 rings (SSSR count). The van der Waals surface area contributed by atoms with Crippen LogP contribution in [0.15, 0.2) is 42.5 Å². The SMILES string of the molecule is COc1ccc(C(Cc2ccc([N+](=O)[O-])cc2)C(=O)O)cc1N. The zero-order valence-corrected chi connectivity index (χ0v) is 12.4. The van der Waals surface area contributed by atoms with Crippen LogP contribution >= 0.6 is 0 Å². The number of non-ortho nitro benzene ring substituents is 1. The molecule has 23 heavy (non-hydrogen) atoms. The zero-order chi connectivity index (χ0) is 17.0. The number of hydrogen-bond acceptors (Lipinski definition) is 5. The molecule has 1 atom stereocenters. The molecule has 1 unspecified atom stereocenters. The predicted octanol–water partition coefficient (Wildman–Crippen LogP) is 2.60. The molecule has 7 nitrogen and oxygen atoms in total. The van der Waals surface area contributed by atoms with Crippen molar-refractivity contribution in [3.63, 3.8) is 0 Å². The van der Waals surface area contributed by atoms with Crippen LogP contribution in [0.1, 0.15) is 17.0 Å². The quantitative estimate of drug-likeness (QED) is 0.481. The molecule has 120 valence electrons. The van der Waals surface area contributed by atoms with Gasteiger partial charge in [-0.3, -0.25) is 14.9 Å². The lowest BCUT2D eigenvalue weighted by molar-refractivity contribution is -0.384.